The van der Waals surface area contributed by atoms with Gasteiger partial charge in [0.05, 0.1) is 12.2 Å². The Morgan fingerprint density at radius 3 is 2.40 bits per heavy atom. The van der Waals surface area contributed by atoms with Crippen LogP contribution >= 0.6 is 11.6 Å². The quantitative estimate of drug-likeness (QED) is 0.444. The van der Waals surface area contributed by atoms with Crippen LogP contribution in [0.15, 0.2) is 0 Å². The second-order valence-electron chi connectivity index (χ2n) is 3.06. The molecule has 0 aliphatic heterocycles. The first kappa shape index (κ1) is 9.81. The van der Waals surface area contributed by atoms with Gasteiger partial charge < -0.3 is 4.74 Å². The van der Waals surface area contributed by atoms with Crippen LogP contribution in [0.2, 0.25) is 0 Å². The number of alkyl halides is 1. The van der Waals surface area contributed by atoms with E-state index in [1.54, 1.807) is 0 Å². The molecule has 0 N–H and O–H groups in total. The van der Waals surface area contributed by atoms with Crippen LogP contribution in [0.4, 0.5) is 0 Å². The van der Waals surface area contributed by atoms with E-state index in [9.17, 15) is 0 Å². The minimum atomic E-state index is -0.306. The number of halogens is 1. The molecule has 0 aromatic carbocycles. The highest BCUT2D eigenvalue weighted by Crippen LogP contribution is 2.08. The molecule has 0 fully saturated rings. The van der Waals surface area contributed by atoms with Crippen LogP contribution < -0.4 is 0 Å². The fourth-order valence-electron chi connectivity index (χ4n) is 0.371. The van der Waals surface area contributed by atoms with Gasteiger partial charge in [-0.05, 0) is 20.8 Å². The van der Waals surface area contributed by atoms with Gasteiger partial charge in [-0.15, -0.1) is 18.0 Å². The molecule has 0 saturated heterocycles. The first-order chi connectivity index (χ1) is 4.45. The monoisotopic (exact) mass is 160 g/mol. The molecule has 58 valence electrons. The predicted molar refractivity (Wildman–Crippen MR) is 44.2 cm³/mol. The molecule has 0 aromatic heterocycles. The van der Waals surface area contributed by atoms with Gasteiger partial charge in [0.2, 0.25) is 0 Å². The van der Waals surface area contributed by atoms with Gasteiger partial charge in [-0.1, -0.05) is 5.92 Å². The Balaban J connectivity index is 3.48. The topological polar surface area (TPSA) is 9.23 Å². The third kappa shape index (κ3) is 5.94. The van der Waals surface area contributed by atoms with E-state index in [2.05, 4.69) is 5.92 Å². The van der Waals surface area contributed by atoms with Crippen molar-refractivity contribution in [2.24, 2.45) is 0 Å². The summed E-state index contributed by atoms with van der Waals surface area (Å²) in [5.74, 6) is 2.38. The Bertz CT molecular complexity index is 129. The number of ether oxygens (including phenoxy) is 1. The highest BCUT2D eigenvalue weighted by Gasteiger charge is 2.11. The zero-order valence-electron chi connectivity index (χ0n) is 6.65. The van der Waals surface area contributed by atoms with E-state index in [1.165, 1.54) is 0 Å². The Hall–Kier alpha value is -0.190. The van der Waals surface area contributed by atoms with Crippen LogP contribution in [0.1, 0.15) is 20.8 Å². The lowest BCUT2D eigenvalue weighted by atomic mass is 10.2. The van der Waals surface area contributed by atoms with Gasteiger partial charge in [0, 0.05) is 0 Å². The minimum Gasteiger partial charge on any atom is -0.373 e. The van der Waals surface area contributed by atoms with Gasteiger partial charge in [-0.25, -0.2) is 0 Å². The fraction of sp³-hybridized carbons (Fsp3) is 0.750. The lowest BCUT2D eigenvalue weighted by molar-refractivity contribution is 0.00171. The lowest BCUT2D eigenvalue weighted by Crippen LogP contribution is -2.23. The summed E-state index contributed by atoms with van der Waals surface area (Å²) in [6.45, 7) is 6.31. The molecule has 0 spiro atoms. The molecule has 10 heavy (non-hydrogen) atoms. The van der Waals surface area contributed by atoms with E-state index in [0.29, 0.717) is 6.61 Å². The van der Waals surface area contributed by atoms with Crippen molar-refractivity contribution in [3.05, 3.63) is 0 Å². The molecular weight excluding hydrogens is 148 g/mol. The SMILES string of the molecule is C#CC(Cl)COC(C)(C)C. The summed E-state index contributed by atoms with van der Waals surface area (Å²) in [5, 5.41) is -0.306. The Kier molecular flexibility index (Phi) is 3.78. The minimum absolute atomic E-state index is 0.149. The maximum absolute atomic E-state index is 5.61. The van der Waals surface area contributed by atoms with Gasteiger partial charge >= 0.3 is 0 Å². The van der Waals surface area contributed by atoms with E-state index in [4.69, 9.17) is 22.8 Å². The zero-order chi connectivity index (χ0) is 8.20. The van der Waals surface area contributed by atoms with Crippen molar-refractivity contribution in [2.45, 2.75) is 31.7 Å². The molecule has 1 unspecified atom stereocenters. The van der Waals surface area contributed by atoms with E-state index in [1.807, 2.05) is 20.8 Å². The number of terminal acetylenes is 1. The normalized spacial score (nSPS) is 14.3. The smallest absolute Gasteiger partial charge is 0.117 e. The Morgan fingerprint density at radius 1 is 1.60 bits per heavy atom. The van der Waals surface area contributed by atoms with Crippen molar-refractivity contribution in [3.8, 4) is 12.3 Å². The molecule has 0 amide bonds. The number of hydrogen-bond donors (Lipinski definition) is 0. The molecule has 0 aliphatic rings. The maximum Gasteiger partial charge on any atom is 0.117 e. The highest BCUT2D eigenvalue weighted by molar-refractivity contribution is 6.22. The Labute approximate surface area is 67.7 Å². The summed E-state index contributed by atoms with van der Waals surface area (Å²) in [7, 11) is 0. The molecule has 1 nitrogen and oxygen atoms in total. The lowest BCUT2D eigenvalue weighted by Gasteiger charge is -2.19. The molecule has 0 aromatic rings. The molecule has 0 radical (unpaired) electrons. The van der Waals surface area contributed by atoms with Crippen molar-refractivity contribution in [1.82, 2.24) is 0 Å². The summed E-state index contributed by atoms with van der Waals surface area (Å²) in [5.41, 5.74) is -0.149. The highest BCUT2D eigenvalue weighted by atomic mass is 35.5. The van der Waals surface area contributed by atoms with E-state index < -0.39 is 0 Å². The van der Waals surface area contributed by atoms with Gasteiger partial charge in [-0.2, -0.15) is 0 Å². The summed E-state index contributed by atoms with van der Waals surface area (Å²) in [6, 6.07) is 0. The maximum atomic E-state index is 5.61. The van der Waals surface area contributed by atoms with E-state index >= 15 is 0 Å². The third-order valence-electron chi connectivity index (χ3n) is 0.844. The van der Waals surface area contributed by atoms with E-state index in [0.717, 1.165) is 0 Å². The second-order valence-corrected chi connectivity index (χ2v) is 3.58. The first-order valence-electron chi connectivity index (χ1n) is 3.20. The molecule has 1 atom stereocenters. The summed E-state index contributed by atoms with van der Waals surface area (Å²) in [6.07, 6.45) is 5.04. The second kappa shape index (κ2) is 3.85. The summed E-state index contributed by atoms with van der Waals surface area (Å²) >= 11 is 5.61. The van der Waals surface area contributed by atoms with Crippen LogP contribution in [-0.4, -0.2) is 17.6 Å². The van der Waals surface area contributed by atoms with Crippen molar-refractivity contribution in [3.63, 3.8) is 0 Å². The standard InChI is InChI=1S/C8H13ClO/c1-5-7(9)6-10-8(2,3)4/h1,7H,6H2,2-4H3. The van der Waals surface area contributed by atoms with Crippen LogP contribution in [0.3, 0.4) is 0 Å². The molecular formula is C8H13ClO. The summed E-state index contributed by atoms with van der Waals surface area (Å²) < 4.78 is 5.31. The van der Waals surface area contributed by atoms with E-state index in [-0.39, 0.29) is 11.0 Å². The van der Waals surface area contributed by atoms with Gasteiger partial charge in [0.15, 0.2) is 0 Å². The first-order valence-corrected chi connectivity index (χ1v) is 3.63. The van der Waals surface area contributed by atoms with Gasteiger partial charge in [-0.3, -0.25) is 0 Å². The average Bonchev–Trinajstić information content (AvgIpc) is 1.81. The Morgan fingerprint density at radius 2 is 2.10 bits per heavy atom. The molecule has 0 heterocycles. The van der Waals surface area contributed by atoms with Crippen LogP contribution in [-0.2, 0) is 4.74 Å². The largest absolute Gasteiger partial charge is 0.373 e. The van der Waals surface area contributed by atoms with Crippen molar-refractivity contribution in [2.75, 3.05) is 6.61 Å². The van der Waals surface area contributed by atoms with Crippen LogP contribution in [0.25, 0.3) is 0 Å². The zero-order valence-corrected chi connectivity index (χ0v) is 7.40. The fourth-order valence-corrected chi connectivity index (χ4v) is 0.434. The molecule has 0 rings (SSSR count). The molecule has 0 saturated carbocycles. The van der Waals surface area contributed by atoms with Crippen LogP contribution in [0.5, 0.6) is 0 Å². The number of hydrogen-bond acceptors (Lipinski definition) is 1. The van der Waals surface area contributed by atoms with Crippen molar-refractivity contribution in [1.29, 1.82) is 0 Å². The van der Waals surface area contributed by atoms with Gasteiger partial charge in [0.1, 0.15) is 5.38 Å². The van der Waals surface area contributed by atoms with Crippen molar-refractivity contribution < 1.29 is 4.74 Å². The molecule has 0 bridgehead atoms. The van der Waals surface area contributed by atoms with Gasteiger partial charge in [0.25, 0.3) is 0 Å². The molecule has 0 aliphatic carbocycles. The molecule has 2 heteroatoms. The number of rotatable bonds is 2. The average molecular weight is 161 g/mol. The summed E-state index contributed by atoms with van der Waals surface area (Å²) in [4.78, 5) is 0. The third-order valence-corrected chi connectivity index (χ3v) is 1.10. The van der Waals surface area contributed by atoms with Crippen LogP contribution in [0, 0.1) is 12.3 Å². The predicted octanol–water partition coefficient (Wildman–Crippen LogP) is 2.04. The van der Waals surface area contributed by atoms with Crippen molar-refractivity contribution >= 4 is 11.6 Å².